The Morgan fingerprint density at radius 1 is 0.929 bits per heavy atom. The first-order valence-corrected chi connectivity index (χ1v) is 9.65. The van der Waals surface area contributed by atoms with Gasteiger partial charge >= 0.3 is 0 Å². The van der Waals surface area contributed by atoms with E-state index in [2.05, 4.69) is 10.6 Å². The predicted molar refractivity (Wildman–Crippen MR) is 108 cm³/mol. The van der Waals surface area contributed by atoms with E-state index in [4.69, 9.17) is 0 Å². The monoisotopic (exact) mass is 379 g/mol. The van der Waals surface area contributed by atoms with E-state index >= 15 is 0 Å². The molecule has 0 aliphatic carbocycles. The number of carbonyl (C=O) groups is 3. The van der Waals surface area contributed by atoms with Gasteiger partial charge in [-0.05, 0) is 43.5 Å². The van der Waals surface area contributed by atoms with Crippen LogP contribution < -0.4 is 10.6 Å². The Kier molecular flexibility index (Phi) is 6.42. The quantitative estimate of drug-likeness (QED) is 0.810. The summed E-state index contributed by atoms with van der Waals surface area (Å²) in [4.78, 5) is 39.7. The molecule has 1 aliphatic rings. The first kappa shape index (κ1) is 19.6. The van der Waals surface area contributed by atoms with Crippen LogP contribution in [0.1, 0.15) is 46.9 Å². The third-order valence-corrected chi connectivity index (χ3v) is 4.89. The molecule has 0 bridgehead atoms. The number of amides is 3. The van der Waals surface area contributed by atoms with E-state index in [1.54, 1.807) is 53.4 Å². The summed E-state index contributed by atoms with van der Waals surface area (Å²) < 4.78 is 0. The Bertz CT molecular complexity index is 845. The SMILES string of the molecule is CC[C@@H](NC(=O)c1ccccc1NC(=O)c1ccccc1)C(=O)N1CCCC1. The average molecular weight is 379 g/mol. The van der Waals surface area contributed by atoms with Crippen molar-refractivity contribution in [2.24, 2.45) is 0 Å². The van der Waals surface area contributed by atoms with E-state index in [-0.39, 0.29) is 17.7 Å². The maximum atomic E-state index is 12.8. The number of para-hydroxylation sites is 1. The van der Waals surface area contributed by atoms with Crippen LogP contribution in [-0.2, 0) is 4.79 Å². The van der Waals surface area contributed by atoms with Crippen molar-refractivity contribution in [3.8, 4) is 0 Å². The molecular weight excluding hydrogens is 354 g/mol. The zero-order chi connectivity index (χ0) is 19.9. The summed E-state index contributed by atoms with van der Waals surface area (Å²) in [6, 6.07) is 15.1. The van der Waals surface area contributed by atoms with Gasteiger partial charge in [-0.3, -0.25) is 14.4 Å². The summed E-state index contributed by atoms with van der Waals surface area (Å²) in [7, 11) is 0. The van der Waals surface area contributed by atoms with Crippen LogP contribution in [0.5, 0.6) is 0 Å². The Hall–Kier alpha value is -3.15. The van der Waals surface area contributed by atoms with E-state index in [9.17, 15) is 14.4 Å². The molecule has 1 aliphatic heterocycles. The van der Waals surface area contributed by atoms with Crippen LogP contribution in [0.4, 0.5) is 5.69 Å². The number of carbonyl (C=O) groups excluding carboxylic acids is 3. The average Bonchev–Trinajstić information content (AvgIpc) is 3.27. The molecule has 3 rings (SSSR count). The first-order valence-electron chi connectivity index (χ1n) is 9.65. The normalized spacial score (nSPS) is 14.4. The molecule has 2 aromatic rings. The molecule has 146 valence electrons. The maximum Gasteiger partial charge on any atom is 0.255 e. The second kappa shape index (κ2) is 9.17. The summed E-state index contributed by atoms with van der Waals surface area (Å²) >= 11 is 0. The molecule has 3 amide bonds. The van der Waals surface area contributed by atoms with E-state index < -0.39 is 6.04 Å². The summed E-state index contributed by atoms with van der Waals surface area (Å²) in [5.74, 6) is -0.705. The number of anilines is 1. The number of nitrogens with one attached hydrogen (secondary N) is 2. The largest absolute Gasteiger partial charge is 0.341 e. The zero-order valence-corrected chi connectivity index (χ0v) is 16.0. The fraction of sp³-hybridized carbons (Fsp3) is 0.318. The van der Waals surface area contributed by atoms with Crippen molar-refractivity contribution in [2.75, 3.05) is 18.4 Å². The van der Waals surface area contributed by atoms with Crippen molar-refractivity contribution < 1.29 is 14.4 Å². The standard InChI is InChI=1S/C22H25N3O3/c1-2-18(22(28)25-14-8-9-15-25)23-21(27)17-12-6-7-13-19(17)24-20(26)16-10-4-3-5-11-16/h3-7,10-13,18H,2,8-9,14-15H2,1H3,(H,23,27)(H,24,26)/t18-/m1/s1. The van der Waals surface area contributed by atoms with Crippen LogP contribution in [0.3, 0.4) is 0 Å². The van der Waals surface area contributed by atoms with Crippen molar-refractivity contribution in [2.45, 2.75) is 32.2 Å². The molecular formula is C22H25N3O3. The molecule has 0 spiro atoms. The molecule has 6 nitrogen and oxygen atoms in total. The summed E-state index contributed by atoms with van der Waals surface area (Å²) in [5.41, 5.74) is 1.25. The molecule has 0 aromatic heterocycles. The van der Waals surface area contributed by atoms with Gasteiger partial charge in [-0.2, -0.15) is 0 Å². The molecule has 6 heteroatoms. The fourth-order valence-electron chi connectivity index (χ4n) is 3.31. The molecule has 1 atom stereocenters. The van der Waals surface area contributed by atoms with Gasteiger partial charge in [0.2, 0.25) is 5.91 Å². The minimum absolute atomic E-state index is 0.0425. The molecule has 2 N–H and O–H groups in total. The van der Waals surface area contributed by atoms with Gasteiger partial charge in [0.1, 0.15) is 6.04 Å². The topological polar surface area (TPSA) is 78.5 Å². The minimum atomic E-state index is -0.566. The smallest absolute Gasteiger partial charge is 0.255 e. The van der Waals surface area contributed by atoms with Crippen LogP contribution in [-0.4, -0.2) is 41.8 Å². The molecule has 0 radical (unpaired) electrons. The molecule has 1 saturated heterocycles. The third kappa shape index (κ3) is 4.57. The Morgan fingerprint density at radius 2 is 1.57 bits per heavy atom. The predicted octanol–water partition coefficient (Wildman–Crippen LogP) is 3.07. The third-order valence-electron chi connectivity index (χ3n) is 4.89. The van der Waals surface area contributed by atoms with Gasteiger partial charge in [0.25, 0.3) is 11.8 Å². The van der Waals surface area contributed by atoms with Crippen molar-refractivity contribution in [1.29, 1.82) is 0 Å². The molecule has 1 fully saturated rings. The lowest BCUT2D eigenvalue weighted by atomic mass is 10.1. The lowest BCUT2D eigenvalue weighted by molar-refractivity contribution is -0.132. The highest BCUT2D eigenvalue weighted by Crippen LogP contribution is 2.17. The lowest BCUT2D eigenvalue weighted by Gasteiger charge is -2.23. The highest BCUT2D eigenvalue weighted by Gasteiger charge is 2.27. The first-order chi connectivity index (χ1) is 13.6. The second-order valence-electron chi connectivity index (χ2n) is 6.83. The molecule has 1 heterocycles. The van der Waals surface area contributed by atoms with E-state index in [0.29, 0.717) is 23.2 Å². The van der Waals surface area contributed by atoms with E-state index in [0.717, 1.165) is 25.9 Å². The number of rotatable bonds is 6. The summed E-state index contributed by atoms with van der Waals surface area (Å²) in [6.07, 6.45) is 2.52. The lowest BCUT2D eigenvalue weighted by Crippen LogP contribution is -2.47. The number of hydrogen-bond donors (Lipinski definition) is 2. The summed E-state index contributed by atoms with van der Waals surface area (Å²) in [5, 5.41) is 5.62. The number of likely N-dealkylation sites (tertiary alicyclic amines) is 1. The van der Waals surface area contributed by atoms with Crippen molar-refractivity contribution in [3.05, 3.63) is 65.7 Å². The van der Waals surface area contributed by atoms with Gasteiger partial charge in [-0.25, -0.2) is 0 Å². The van der Waals surface area contributed by atoms with Crippen LogP contribution >= 0.6 is 0 Å². The number of nitrogens with zero attached hydrogens (tertiary/aromatic N) is 1. The van der Waals surface area contributed by atoms with E-state index in [1.165, 1.54) is 0 Å². The highest BCUT2D eigenvalue weighted by molar-refractivity contribution is 6.09. The number of hydrogen-bond acceptors (Lipinski definition) is 3. The van der Waals surface area contributed by atoms with Gasteiger partial charge < -0.3 is 15.5 Å². The summed E-state index contributed by atoms with van der Waals surface area (Å²) in [6.45, 7) is 3.37. The van der Waals surface area contributed by atoms with Crippen LogP contribution in [0.2, 0.25) is 0 Å². The van der Waals surface area contributed by atoms with Gasteiger partial charge in [0.15, 0.2) is 0 Å². The molecule has 0 unspecified atom stereocenters. The fourth-order valence-corrected chi connectivity index (χ4v) is 3.31. The Morgan fingerprint density at radius 3 is 2.25 bits per heavy atom. The van der Waals surface area contributed by atoms with E-state index in [1.807, 2.05) is 13.0 Å². The zero-order valence-electron chi connectivity index (χ0n) is 16.0. The Labute approximate surface area is 164 Å². The van der Waals surface area contributed by atoms with Gasteiger partial charge in [0, 0.05) is 18.7 Å². The number of benzene rings is 2. The van der Waals surface area contributed by atoms with Gasteiger partial charge in [-0.15, -0.1) is 0 Å². The molecule has 28 heavy (non-hydrogen) atoms. The maximum absolute atomic E-state index is 12.8. The van der Waals surface area contributed by atoms with Gasteiger partial charge in [-0.1, -0.05) is 37.3 Å². The van der Waals surface area contributed by atoms with Crippen molar-refractivity contribution >= 4 is 23.4 Å². The van der Waals surface area contributed by atoms with Crippen LogP contribution in [0.25, 0.3) is 0 Å². The highest BCUT2D eigenvalue weighted by atomic mass is 16.2. The van der Waals surface area contributed by atoms with Crippen LogP contribution in [0, 0.1) is 0 Å². The Balaban J connectivity index is 1.73. The van der Waals surface area contributed by atoms with Gasteiger partial charge in [0.05, 0.1) is 11.3 Å². The van der Waals surface area contributed by atoms with Crippen LogP contribution in [0.15, 0.2) is 54.6 Å². The minimum Gasteiger partial charge on any atom is -0.341 e. The van der Waals surface area contributed by atoms with Crippen molar-refractivity contribution in [1.82, 2.24) is 10.2 Å². The second-order valence-corrected chi connectivity index (χ2v) is 6.83. The molecule has 2 aromatic carbocycles. The van der Waals surface area contributed by atoms with Crippen molar-refractivity contribution in [3.63, 3.8) is 0 Å². The molecule has 0 saturated carbocycles.